The lowest BCUT2D eigenvalue weighted by Gasteiger charge is -2.18. The molecule has 0 saturated carbocycles. The van der Waals surface area contributed by atoms with Crippen LogP contribution in [0.25, 0.3) is 0 Å². The largest absolute Gasteiger partial charge is 0.462 e. The van der Waals surface area contributed by atoms with Crippen LogP contribution in [0.2, 0.25) is 0 Å². The van der Waals surface area contributed by atoms with E-state index in [1.54, 1.807) is 0 Å². The Balaban J connectivity index is 3.91. The number of ether oxygens (including phenoxy) is 3. The van der Waals surface area contributed by atoms with Gasteiger partial charge in [-0.25, -0.2) is 0 Å². The molecule has 6 nitrogen and oxygen atoms in total. The van der Waals surface area contributed by atoms with Crippen molar-refractivity contribution < 1.29 is 28.6 Å². The highest BCUT2D eigenvalue weighted by Crippen LogP contribution is 2.18. The standard InChI is InChI=1S/C73H134O6/c1-4-7-10-13-15-17-19-21-23-25-27-29-31-32-33-34-35-36-37-38-39-40-42-43-45-47-49-51-53-55-57-60-63-66-72(75)78-69-70(68-77-71(74)65-62-59-12-9-6-3)79-73(76)67-64-61-58-56-54-52-50-48-46-44-41-30-28-26-24-22-20-18-16-14-11-8-5-2/h19-22,25-28,70H,4-18,23-24,29-69H2,1-3H3/b21-19-,22-20-,27-25-,28-26-. The van der Waals surface area contributed by atoms with Crippen molar-refractivity contribution in [3.63, 3.8) is 0 Å². The van der Waals surface area contributed by atoms with Crippen LogP contribution in [0.3, 0.4) is 0 Å². The van der Waals surface area contributed by atoms with Gasteiger partial charge in [0.15, 0.2) is 6.10 Å². The van der Waals surface area contributed by atoms with Crippen molar-refractivity contribution in [2.45, 2.75) is 386 Å². The Bertz CT molecular complexity index is 1360. The van der Waals surface area contributed by atoms with Gasteiger partial charge in [0.05, 0.1) is 0 Å². The molecule has 0 saturated heterocycles. The fourth-order valence-electron chi connectivity index (χ4n) is 10.5. The lowest BCUT2D eigenvalue weighted by atomic mass is 10.0. The zero-order valence-corrected chi connectivity index (χ0v) is 53.2. The Kier molecular flexibility index (Phi) is 65.6. The van der Waals surface area contributed by atoms with Gasteiger partial charge in [0.2, 0.25) is 0 Å². The second kappa shape index (κ2) is 67.9. The number of carbonyl (C=O) groups excluding carboxylic acids is 3. The first-order valence-electron chi connectivity index (χ1n) is 35.1. The van der Waals surface area contributed by atoms with Gasteiger partial charge in [0, 0.05) is 19.3 Å². The number of rotatable bonds is 65. The van der Waals surface area contributed by atoms with Gasteiger partial charge >= 0.3 is 17.9 Å². The van der Waals surface area contributed by atoms with Gasteiger partial charge < -0.3 is 14.2 Å². The molecule has 0 aliphatic carbocycles. The van der Waals surface area contributed by atoms with E-state index in [1.165, 1.54) is 263 Å². The summed E-state index contributed by atoms with van der Waals surface area (Å²) in [6.07, 6.45) is 86.3. The summed E-state index contributed by atoms with van der Waals surface area (Å²) in [5, 5.41) is 0. The first-order valence-corrected chi connectivity index (χ1v) is 35.1. The molecule has 0 aliphatic heterocycles. The lowest BCUT2D eigenvalue weighted by molar-refractivity contribution is -0.167. The Morgan fingerprint density at radius 2 is 0.456 bits per heavy atom. The van der Waals surface area contributed by atoms with Crippen molar-refractivity contribution in [2.24, 2.45) is 0 Å². The molecule has 1 atom stereocenters. The normalized spacial score (nSPS) is 12.3. The summed E-state index contributed by atoms with van der Waals surface area (Å²) in [6.45, 7) is 6.59. The summed E-state index contributed by atoms with van der Waals surface area (Å²) in [7, 11) is 0. The van der Waals surface area contributed by atoms with Gasteiger partial charge in [-0.15, -0.1) is 0 Å². The van der Waals surface area contributed by atoms with Crippen LogP contribution >= 0.6 is 0 Å². The minimum absolute atomic E-state index is 0.0696. The molecule has 0 aromatic heterocycles. The number of esters is 3. The van der Waals surface area contributed by atoms with Gasteiger partial charge in [0.25, 0.3) is 0 Å². The van der Waals surface area contributed by atoms with Crippen molar-refractivity contribution in [2.75, 3.05) is 13.2 Å². The molecule has 0 aromatic rings. The quantitative estimate of drug-likeness (QED) is 0.0261. The molecule has 0 amide bonds. The third-order valence-corrected chi connectivity index (χ3v) is 15.8. The van der Waals surface area contributed by atoms with E-state index in [0.29, 0.717) is 19.3 Å². The summed E-state index contributed by atoms with van der Waals surface area (Å²) in [6, 6.07) is 0. The molecular weight excluding hydrogens is 973 g/mol. The Morgan fingerprint density at radius 1 is 0.253 bits per heavy atom. The molecule has 0 bridgehead atoms. The Hall–Kier alpha value is -2.63. The third-order valence-electron chi connectivity index (χ3n) is 15.8. The topological polar surface area (TPSA) is 78.9 Å². The second-order valence-electron chi connectivity index (χ2n) is 23.8. The highest BCUT2D eigenvalue weighted by Gasteiger charge is 2.19. The van der Waals surface area contributed by atoms with E-state index in [2.05, 4.69) is 69.4 Å². The zero-order chi connectivity index (χ0) is 57.1. The number of hydrogen-bond acceptors (Lipinski definition) is 6. The monoisotopic (exact) mass is 1110 g/mol. The van der Waals surface area contributed by atoms with Crippen LogP contribution in [-0.4, -0.2) is 37.2 Å². The molecule has 6 heteroatoms. The molecule has 0 aliphatic rings. The van der Waals surface area contributed by atoms with E-state index < -0.39 is 6.10 Å². The number of hydrogen-bond donors (Lipinski definition) is 0. The summed E-state index contributed by atoms with van der Waals surface area (Å²) < 4.78 is 16.8. The number of allylic oxidation sites excluding steroid dienone is 8. The predicted octanol–water partition coefficient (Wildman–Crippen LogP) is 24.1. The minimum atomic E-state index is -0.769. The van der Waals surface area contributed by atoms with E-state index in [-0.39, 0.29) is 31.1 Å². The van der Waals surface area contributed by atoms with Crippen molar-refractivity contribution in [1.29, 1.82) is 0 Å². The summed E-state index contributed by atoms with van der Waals surface area (Å²) in [5.41, 5.74) is 0. The third kappa shape index (κ3) is 66.1. The van der Waals surface area contributed by atoms with Crippen LogP contribution in [0.4, 0.5) is 0 Å². The van der Waals surface area contributed by atoms with E-state index in [4.69, 9.17) is 14.2 Å². The lowest BCUT2D eigenvalue weighted by Crippen LogP contribution is -2.30. The van der Waals surface area contributed by atoms with E-state index in [0.717, 1.165) is 77.0 Å². The van der Waals surface area contributed by atoms with Gasteiger partial charge in [-0.05, 0) is 83.5 Å². The maximum absolute atomic E-state index is 12.8. The highest BCUT2D eigenvalue weighted by atomic mass is 16.6. The smallest absolute Gasteiger partial charge is 0.306 e. The molecule has 0 N–H and O–H groups in total. The minimum Gasteiger partial charge on any atom is -0.462 e. The SMILES string of the molecule is CCCCCCC/C=C\C/C=C\CCCCCCCCCCCCCCCCCCCCCCCC(=O)OCC(COC(=O)CCCCCCC)OC(=O)CCCCCCCCCCCCC/C=C\C/C=C\CCCCCCC. The predicted molar refractivity (Wildman–Crippen MR) is 344 cm³/mol. The molecule has 0 spiro atoms. The average Bonchev–Trinajstić information content (AvgIpc) is 3.45. The van der Waals surface area contributed by atoms with Gasteiger partial charge in [-0.3, -0.25) is 14.4 Å². The van der Waals surface area contributed by atoms with E-state index >= 15 is 0 Å². The van der Waals surface area contributed by atoms with E-state index in [9.17, 15) is 14.4 Å². The first-order chi connectivity index (χ1) is 39.0. The molecule has 0 aromatic carbocycles. The number of carbonyl (C=O) groups is 3. The number of unbranched alkanes of at least 4 members (excludes halogenated alkanes) is 46. The van der Waals surface area contributed by atoms with E-state index in [1.807, 2.05) is 0 Å². The molecule has 0 heterocycles. The molecular formula is C73H134O6. The average molecular weight is 1110 g/mol. The van der Waals surface area contributed by atoms with Crippen LogP contribution in [0.15, 0.2) is 48.6 Å². The van der Waals surface area contributed by atoms with Crippen molar-refractivity contribution in [1.82, 2.24) is 0 Å². The van der Waals surface area contributed by atoms with Crippen LogP contribution < -0.4 is 0 Å². The molecule has 79 heavy (non-hydrogen) atoms. The molecule has 1 unspecified atom stereocenters. The Labute approximate surface area is 492 Å². The zero-order valence-electron chi connectivity index (χ0n) is 53.2. The van der Waals surface area contributed by atoms with Crippen LogP contribution in [0, 0.1) is 0 Å². The van der Waals surface area contributed by atoms with Crippen LogP contribution in [0.5, 0.6) is 0 Å². The van der Waals surface area contributed by atoms with Crippen LogP contribution in [-0.2, 0) is 28.6 Å². The fourth-order valence-corrected chi connectivity index (χ4v) is 10.5. The van der Waals surface area contributed by atoms with Crippen molar-refractivity contribution in [3.05, 3.63) is 48.6 Å². The fraction of sp³-hybridized carbons (Fsp3) is 0.849. The molecule has 0 rings (SSSR count). The maximum Gasteiger partial charge on any atom is 0.306 e. The van der Waals surface area contributed by atoms with Crippen molar-refractivity contribution in [3.8, 4) is 0 Å². The summed E-state index contributed by atoms with van der Waals surface area (Å²) in [5.74, 6) is -0.864. The van der Waals surface area contributed by atoms with Crippen LogP contribution in [0.1, 0.15) is 380 Å². The highest BCUT2D eigenvalue weighted by molar-refractivity contribution is 5.71. The Morgan fingerprint density at radius 3 is 0.696 bits per heavy atom. The van der Waals surface area contributed by atoms with Gasteiger partial charge in [-0.1, -0.05) is 326 Å². The first kappa shape index (κ1) is 76.4. The molecule has 0 radical (unpaired) electrons. The second-order valence-corrected chi connectivity index (χ2v) is 23.8. The van der Waals surface area contributed by atoms with Gasteiger partial charge in [-0.2, -0.15) is 0 Å². The molecule has 462 valence electrons. The summed E-state index contributed by atoms with van der Waals surface area (Å²) in [4.78, 5) is 38.0. The maximum atomic E-state index is 12.8. The van der Waals surface area contributed by atoms with Crippen molar-refractivity contribution >= 4 is 17.9 Å². The summed E-state index contributed by atoms with van der Waals surface area (Å²) >= 11 is 0. The van der Waals surface area contributed by atoms with Gasteiger partial charge in [0.1, 0.15) is 13.2 Å². The molecule has 0 fully saturated rings.